The van der Waals surface area contributed by atoms with Gasteiger partial charge in [0.05, 0.1) is 5.71 Å². The minimum Gasteiger partial charge on any atom is -0.399 e. The molecular weight excluding hydrogens is 414 g/mol. The lowest BCUT2D eigenvalue weighted by atomic mass is 9.86. The number of carbonyl (C=O) groups excluding carboxylic acids is 1. The van der Waals surface area contributed by atoms with E-state index >= 15 is 0 Å². The summed E-state index contributed by atoms with van der Waals surface area (Å²) in [5.41, 5.74) is 10.3. The SMILES string of the molecule is CON=C(c1cccc(C)c1)C1CCN(C(=O)C2CCN(Cc3ccnc(N)c3)CC2)CC1. The Morgan fingerprint density at radius 3 is 2.48 bits per heavy atom. The second kappa shape index (κ2) is 10.8. The first-order chi connectivity index (χ1) is 16.0. The molecule has 0 saturated carbocycles. The van der Waals surface area contributed by atoms with Crippen LogP contribution >= 0.6 is 0 Å². The largest absolute Gasteiger partial charge is 0.399 e. The fraction of sp³-hybridized carbons (Fsp3) is 0.500. The van der Waals surface area contributed by atoms with E-state index in [1.807, 2.05) is 12.1 Å². The molecule has 2 fully saturated rings. The van der Waals surface area contributed by atoms with Crippen molar-refractivity contribution in [1.82, 2.24) is 14.8 Å². The van der Waals surface area contributed by atoms with Gasteiger partial charge in [-0.15, -0.1) is 0 Å². The number of nitrogens with zero attached hydrogens (tertiary/aromatic N) is 4. The second-order valence-electron chi connectivity index (χ2n) is 9.27. The van der Waals surface area contributed by atoms with Crippen LogP contribution in [0.5, 0.6) is 0 Å². The van der Waals surface area contributed by atoms with Crippen LogP contribution in [0.4, 0.5) is 5.82 Å². The smallest absolute Gasteiger partial charge is 0.225 e. The Bertz CT molecular complexity index is 976. The molecule has 4 rings (SSSR count). The van der Waals surface area contributed by atoms with Gasteiger partial charge < -0.3 is 15.5 Å². The summed E-state index contributed by atoms with van der Waals surface area (Å²) < 4.78 is 0. The first-order valence-corrected chi connectivity index (χ1v) is 11.9. The first-order valence-electron chi connectivity index (χ1n) is 11.9. The van der Waals surface area contributed by atoms with Crippen LogP contribution in [0.1, 0.15) is 42.4 Å². The molecular formula is C26H35N5O2. The van der Waals surface area contributed by atoms with Crippen LogP contribution in [-0.2, 0) is 16.2 Å². The molecule has 2 aliphatic rings. The van der Waals surface area contributed by atoms with Gasteiger partial charge in [0.15, 0.2) is 0 Å². The summed E-state index contributed by atoms with van der Waals surface area (Å²) in [6, 6.07) is 12.3. The Hall–Kier alpha value is -2.93. The molecule has 0 atom stereocenters. The quantitative estimate of drug-likeness (QED) is 0.539. The van der Waals surface area contributed by atoms with Gasteiger partial charge in [-0.1, -0.05) is 35.0 Å². The number of nitrogens with two attached hydrogens (primary N) is 1. The number of hydrogen-bond acceptors (Lipinski definition) is 6. The number of piperidine rings is 2. The zero-order valence-electron chi connectivity index (χ0n) is 19.7. The van der Waals surface area contributed by atoms with Crippen molar-refractivity contribution in [3.8, 4) is 0 Å². The maximum Gasteiger partial charge on any atom is 0.225 e. The number of anilines is 1. The average Bonchev–Trinajstić information content (AvgIpc) is 2.83. The third-order valence-corrected chi connectivity index (χ3v) is 6.89. The number of nitrogen functional groups attached to an aromatic ring is 1. The van der Waals surface area contributed by atoms with E-state index in [-0.39, 0.29) is 5.92 Å². The molecule has 0 spiro atoms. The zero-order chi connectivity index (χ0) is 23.2. The van der Waals surface area contributed by atoms with Crippen LogP contribution in [-0.4, -0.2) is 59.7 Å². The summed E-state index contributed by atoms with van der Waals surface area (Å²) in [7, 11) is 1.60. The van der Waals surface area contributed by atoms with Gasteiger partial charge in [-0.05, 0) is 69.0 Å². The highest BCUT2D eigenvalue weighted by atomic mass is 16.6. The van der Waals surface area contributed by atoms with Crippen molar-refractivity contribution in [2.75, 3.05) is 39.0 Å². The molecule has 176 valence electrons. The molecule has 1 aromatic carbocycles. The van der Waals surface area contributed by atoms with Crippen LogP contribution in [0.3, 0.4) is 0 Å². The number of likely N-dealkylation sites (tertiary alicyclic amines) is 2. The highest BCUT2D eigenvalue weighted by Gasteiger charge is 2.32. The summed E-state index contributed by atoms with van der Waals surface area (Å²) in [5, 5.41) is 4.36. The lowest BCUT2D eigenvalue weighted by Crippen LogP contribution is -2.46. The minimum atomic E-state index is 0.129. The lowest BCUT2D eigenvalue weighted by Gasteiger charge is -2.37. The highest BCUT2D eigenvalue weighted by Crippen LogP contribution is 2.27. The van der Waals surface area contributed by atoms with E-state index in [1.54, 1.807) is 13.3 Å². The Labute approximate surface area is 196 Å². The predicted molar refractivity (Wildman–Crippen MR) is 131 cm³/mol. The van der Waals surface area contributed by atoms with Gasteiger partial charge >= 0.3 is 0 Å². The van der Waals surface area contributed by atoms with Crippen molar-refractivity contribution in [3.05, 3.63) is 59.3 Å². The van der Waals surface area contributed by atoms with Gasteiger partial charge in [-0.2, -0.15) is 0 Å². The number of carbonyl (C=O) groups is 1. The number of oxime groups is 1. The van der Waals surface area contributed by atoms with E-state index in [9.17, 15) is 4.79 Å². The van der Waals surface area contributed by atoms with Gasteiger partial charge in [0, 0.05) is 37.7 Å². The summed E-state index contributed by atoms with van der Waals surface area (Å²) >= 11 is 0. The van der Waals surface area contributed by atoms with Crippen LogP contribution in [0, 0.1) is 18.8 Å². The van der Waals surface area contributed by atoms with Crippen LogP contribution < -0.4 is 5.73 Å². The van der Waals surface area contributed by atoms with E-state index < -0.39 is 0 Å². The molecule has 2 saturated heterocycles. The topological polar surface area (TPSA) is 84.0 Å². The van der Waals surface area contributed by atoms with E-state index in [0.29, 0.717) is 17.6 Å². The number of aryl methyl sites for hydroxylation is 1. The van der Waals surface area contributed by atoms with Crippen LogP contribution in [0.15, 0.2) is 47.8 Å². The molecule has 1 aromatic heterocycles. The van der Waals surface area contributed by atoms with Crippen molar-refractivity contribution in [2.45, 2.75) is 39.2 Å². The van der Waals surface area contributed by atoms with E-state index in [2.05, 4.69) is 51.1 Å². The van der Waals surface area contributed by atoms with Gasteiger partial charge in [-0.3, -0.25) is 9.69 Å². The Kier molecular flexibility index (Phi) is 7.60. The molecule has 0 aliphatic carbocycles. The Balaban J connectivity index is 1.28. The van der Waals surface area contributed by atoms with Gasteiger partial charge in [0.1, 0.15) is 12.9 Å². The molecule has 33 heavy (non-hydrogen) atoms. The number of hydrogen-bond donors (Lipinski definition) is 1. The molecule has 1 amide bonds. The standard InChI is InChI=1S/C26H35N5O2/c1-19-4-3-5-23(16-19)25(29-33-2)21-9-14-31(15-10-21)26(32)22-7-12-30(13-8-22)18-20-6-11-28-24(27)17-20/h3-6,11,16-17,21-22H,7-10,12-15,18H2,1-2H3,(H2,27,28). The lowest BCUT2D eigenvalue weighted by molar-refractivity contribution is -0.138. The third-order valence-electron chi connectivity index (χ3n) is 6.89. The molecule has 2 aromatic rings. The zero-order valence-corrected chi connectivity index (χ0v) is 19.7. The fourth-order valence-electron chi connectivity index (χ4n) is 5.09. The maximum absolute atomic E-state index is 13.2. The van der Waals surface area contributed by atoms with Gasteiger partial charge in [0.2, 0.25) is 5.91 Å². The third kappa shape index (κ3) is 5.90. The Morgan fingerprint density at radius 2 is 1.82 bits per heavy atom. The number of rotatable bonds is 6. The number of amides is 1. The molecule has 7 heteroatoms. The normalized spacial score (nSPS) is 19.0. The Morgan fingerprint density at radius 1 is 1.09 bits per heavy atom. The minimum absolute atomic E-state index is 0.129. The van der Waals surface area contributed by atoms with Crippen molar-refractivity contribution in [3.63, 3.8) is 0 Å². The summed E-state index contributed by atoms with van der Waals surface area (Å²) in [5.74, 6) is 1.32. The van der Waals surface area contributed by atoms with E-state index in [1.165, 1.54) is 11.1 Å². The monoisotopic (exact) mass is 449 g/mol. The van der Waals surface area contributed by atoms with Crippen molar-refractivity contribution in [2.24, 2.45) is 17.0 Å². The van der Waals surface area contributed by atoms with E-state index in [4.69, 9.17) is 10.6 Å². The molecule has 0 radical (unpaired) electrons. The molecule has 3 heterocycles. The molecule has 0 bridgehead atoms. The molecule has 2 N–H and O–H groups in total. The number of pyridine rings is 1. The van der Waals surface area contributed by atoms with Crippen molar-refractivity contribution in [1.29, 1.82) is 0 Å². The number of benzene rings is 1. The molecule has 7 nitrogen and oxygen atoms in total. The predicted octanol–water partition coefficient (Wildman–Crippen LogP) is 3.47. The average molecular weight is 450 g/mol. The highest BCUT2D eigenvalue weighted by molar-refractivity contribution is 6.02. The summed E-state index contributed by atoms with van der Waals surface area (Å²) in [6.07, 6.45) is 5.43. The van der Waals surface area contributed by atoms with Gasteiger partial charge in [-0.25, -0.2) is 4.98 Å². The van der Waals surface area contributed by atoms with Crippen molar-refractivity contribution < 1.29 is 9.63 Å². The van der Waals surface area contributed by atoms with Crippen LogP contribution in [0.25, 0.3) is 0 Å². The summed E-state index contributed by atoms with van der Waals surface area (Å²) in [4.78, 5) is 26.9. The second-order valence-corrected chi connectivity index (χ2v) is 9.27. The fourth-order valence-corrected chi connectivity index (χ4v) is 5.09. The maximum atomic E-state index is 13.2. The van der Waals surface area contributed by atoms with Crippen molar-refractivity contribution >= 4 is 17.4 Å². The first kappa shape index (κ1) is 23.2. The van der Waals surface area contributed by atoms with Gasteiger partial charge in [0.25, 0.3) is 0 Å². The number of aromatic nitrogens is 1. The summed E-state index contributed by atoms with van der Waals surface area (Å²) in [6.45, 7) is 6.40. The molecule has 2 aliphatic heterocycles. The molecule has 0 unspecified atom stereocenters. The van der Waals surface area contributed by atoms with Crippen LogP contribution in [0.2, 0.25) is 0 Å². The van der Waals surface area contributed by atoms with E-state index in [0.717, 1.165) is 69.7 Å².